The number of nitrogens with zero attached hydrogens (tertiary/aromatic N) is 4. The lowest BCUT2D eigenvalue weighted by Gasteiger charge is -2.21. The van der Waals surface area contributed by atoms with Gasteiger partial charge in [-0.1, -0.05) is 30.3 Å². The number of allylic oxidation sites excluding steroid dienone is 3. The number of benzene rings is 1. The van der Waals surface area contributed by atoms with Crippen LogP contribution in [0, 0.1) is 0 Å². The maximum atomic E-state index is 9.35. The van der Waals surface area contributed by atoms with Crippen LogP contribution in [0.4, 0.5) is 0 Å². The average molecular weight is 487 g/mol. The van der Waals surface area contributed by atoms with E-state index in [-0.39, 0.29) is 18.8 Å². The lowest BCUT2D eigenvalue weighted by atomic mass is 9.99. The van der Waals surface area contributed by atoms with E-state index in [1.165, 1.54) is 12.8 Å². The van der Waals surface area contributed by atoms with E-state index in [4.69, 9.17) is 14.6 Å². The van der Waals surface area contributed by atoms with E-state index in [0.29, 0.717) is 18.1 Å². The van der Waals surface area contributed by atoms with Gasteiger partial charge >= 0.3 is 0 Å². The van der Waals surface area contributed by atoms with Crippen LogP contribution >= 0.6 is 0 Å². The highest BCUT2D eigenvalue weighted by Crippen LogP contribution is 2.35. The third kappa shape index (κ3) is 6.10. The highest BCUT2D eigenvalue weighted by molar-refractivity contribution is 5.59. The molecule has 3 aromatic rings. The van der Waals surface area contributed by atoms with E-state index >= 15 is 0 Å². The highest BCUT2D eigenvalue weighted by Gasteiger charge is 2.23. The van der Waals surface area contributed by atoms with Crippen LogP contribution in [0.5, 0.6) is 11.6 Å². The first-order chi connectivity index (χ1) is 17.6. The number of aliphatic imine (C=N–C) groups is 1. The van der Waals surface area contributed by atoms with Gasteiger partial charge in [0.05, 0.1) is 31.6 Å². The molecule has 36 heavy (non-hydrogen) atoms. The summed E-state index contributed by atoms with van der Waals surface area (Å²) in [7, 11) is 1.62. The fourth-order valence-electron chi connectivity index (χ4n) is 4.52. The van der Waals surface area contributed by atoms with Crippen LogP contribution in [-0.4, -0.2) is 39.8 Å². The molecular weight excluding hydrogens is 452 g/mol. The number of hydrogen-bond donors (Lipinski definition) is 1. The van der Waals surface area contributed by atoms with E-state index in [0.717, 1.165) is 40.8 Å². The van der Waals surface area contributed by atoms with Crippen LogP contribution in [0.3, 0.4) is 0 Å². The summed E-state index contributed by atoms with van der Waals surface area (Å²) < 4.78 is 13.8. The Morgan fingerprint density at radius 1 is 1.25 bits per heavy atom. The second kappa shape index (κ2) is 12.3. The Morgan fingerprint density at radius 3 is 2.69 bits per heavy atom. The molecule has 0 bridgehead atoms. The van der Waals surface area contributed by atoms with Gasteiger partial charge in [0.1, 0.15) is 0 Å². The van der Waals surface area contributed by atoms with Gasteiger partial charge < -0.3 is 14.6 Å². The summed E-state index contributed by atoms with van der Waals surface area (Å²) in [4.78, 5) is 8.45. The van der Waals surface area contributed by atoms with E-state index in [1.807, 2.05) is 66.5 Å². The minimum absolute atomic E-state index is 0.0196. The van der Waals surface area contributed by atoms with Gasteiger partial charge in [0, 0.05) is 24.2 Å². The molecule has 0 radical (unpaired) electrons. The monoisotopic (exact) mass is 486 g/mol. The van der Waals surface area contributed by atoms with Gasteiger partial charge in [-0.3, -0.25) is 9.67 Å². The molecule has 2 heterocycles. The molecule has 0 aliphatic heterocycles. The van der Waals surface area contributed by atoms with E-state index in [1.54, 1.807) is 13.3 Å². The lowest BCUT2D eigenvalue weighted by Crippen LogP contribution is -2.15. The Morgan fingerprint density at radius 2 is 2.03 bits per heavy atom. The van der Waals surface area contributed by atoms with Gasteiger partial charge in [-0.25, -0.2) is 4.98 Å². The number of aromatic nitrogens is 3. The molecule has 4 rings (SSSR count). The Bertz CT molecular complexity index is 1210. The molecule has 2 aromatic heterocycles. The molecule has 7 heteroatoms. The molecule has 0 saturated heterocycles. The Kier molecular flexibility index (Phi) is 8.68. The number of hydrogen-bond acceptors (Lipinski definition) is 6. The van der Waals surface area contributed by atoms with Crippen LogP contribution in [0.15, 0.2) is 77.7 Å². The maximum absolute atomic E-state index is 9.35. The summed E-state index contributed by atoms with van der Waals surface area (Å²) in [5.41, 5.74) is 4.80. The molecule has 0 spiro atoms. The Hall–Kier alpha value is -3.71. The summed E-state index contributed by atoms with van der Waals surface area (Å²) in [5, 5.41) is 14.3. The SMILES string of the molecule is C=N/C=C\C(=C/C)CC(c1cnc(OC)c(OC2CCCC2)c1)n1ccc(-c2ccc(CO)cc2)n1. The number of pyridine rings is 1. The molecule has 1 saturated carbocycles. The van der Waals surface area contributed by atoms with Crippen LogP contribution < -0.4 is 9.47 Å². The smallest absolute Gasteiger partial charge is 0.256 e. The second-order valence-corrected chi connectivity index (χ2v) is 8.92. The molecule has 1 unspecified atom stereocenters. The number of rotatable bonds is 11. The zero-order chi connectivity index (χ0) is 25.3. The van der Waals surface area contributed by atoms with Gasteiger partial charge in [-0.05, 0) is 80.7 Å². The van der Waals surface area contributed by atoms with Crippen LogP contribution in [-0.2, 0) is 6.61 Å². The normalized spacial score (nSPS) is 15.4. The summed E-state index contributed by atoms with van der Waals surface area (Å²) in [6.45, 7) is 5.58. The maximum Gasteiger partial charge on any atom is 0.256 e. The van der Waals surface area contributed by atoms with Crippen molar-refractivity contribution in [1.82, 2.24) is 14.8 Å². The van der Waals surface area contributed by atoms with Crippen molar-refractivity contribution >= 4 is 6.72 Å². The van der Waals surface area contributed by atoms with Crippen molar-refractivity contribution in [3.63, 3.8) is 0 Å². The number of aliphatic hydroxyl groups excluding tert-OH is 1. The van der Waals surface area contributed by atoms with Crippen molar-refractivity contribution in [3.05, 3.63) is 83.8 Å². The number of ether oxygens (including phenoxy) is 2. The Balaban J connectivity index is 1.70. The predicted octanol–water partition coefficient (Wildman–Crippen LogP) is 5.91. The van der Waals surface area contributed by atoms with E-state index < -0.39 is 0 Å². The predicted molar refractivity (Wildman–Crippen MR) is 142 cm³/mol. The van der Waals surface area contributed by atoms with Crippen molar-refractivity contribution in [1.29, 1.82) is 0 Å². The fraction of sp³-hybridized carbons (Fsp3) is 0.345. The van der Waals surface area contributed by atoms with Crippen molar-refractivity contribution in [2.45, 2.75) is 57.8 Å². The fourth-order valence-corrected chi connectivity index (χ4v) is 4.52. The molecule has 1 aliphatic rings. The molecule has 1 aliphatic carbocycles. The standard InChI is InChI=1S/C29H34N4O3/c1-4-21(13-15-30-2)17-27(33-16-14-26(32-33)23-11-9-22(20-34)10-12-23)24-18-28(29(35-3)31-19-24)36-25-7-5-6-8-25/h4,9-16,18-19,25,27,34H,2,5-8,17,20H2,1,3H3/b15-13-,21-4+. The first-order valence-electron chi connectivity index (χ1n) is 12.4. The first kappa shape index (κ1) is 25.4. The quantitative estimate of drug-likeness (QED) is 0.269. The second-order valence-electron chi connectivity index (χ2n) is 8.92. The summed E-state index contributed by atoms with van der Waals surface area (Å²) >= 11 is 0. The molecule has 1 aromatic carbocycles. The van der Waals surface area contributed by atoms with Gasteiger partial charge in [-0.15, -0.1) is 0 Å². The van der Waals surface area contributed by atoms with E-state index in [2.05, 4.69) is 22.8 Å². The molecule has 0 amide bonds. The van der Waals surface area contributed by atoms with Crippen molar-refractivity contribution in [2.24, 2.45) is 4.99 Å². The van der Waals surface area contributed by atoms with Crippen molar-refractivity contribution in [2.75, 3.05) is 7.11 Å². The third-order valence-electron chi connectivity index (χ3n) is 6.57. The third-order valence-corrected chi connectivity index (χ3v) is 6.57. The molecule has 188 valence electrons. The average Bonchev–Trinajstić information content (AvgIpc) is 3.62. The molecule has 1 N–H and O–H groups in total. The van der Waals surface area contributed by atoms with Gasteiger partial charge in [0.25, 0.3) is 5.88 Å². The minimum atomic E-state index is -0.125. The zero-order valence-electron chi connectivity index (χ0n) is 21.0. The van der Waals surface area contributed by atoms with Gasteiger partial charge in [0.2, 0.25) is 0 Å². The van der Waals surface area contributed by atoms with Gasteiger partial charge in [-0.2, -0.15) is 5.10 Å². The molecule has 1 fully saturated rings. The van der Waals surface area contributed by atoms with Crippen LogP contribution in [0.25, 0.3) is 11.3 Å². The largest absolute Gasteiger partial charge is 0.485 e. The van der Waals surface area contributed by atoms with Crippen LogP contribution in [0.1, 0.15) is 56.2 Å². The van der Waals surface area contributed by atoms with Crippen molar-refractivity contribution < 1.29 is 14.6 Å². The number of aliphatic hydroxyl groups is 1. The number of methoxy groups -OCH3 is 1. The summed E-state index contributed by atoms with van der Waals surface area (Å²) in [6.07, 6.45) is 14.9. The minimum Gasteiger partial charge on any atom is -0.485 e. The van der Waals surface area contributed by atoms with Crippen molar-refractivity contribution in [3.8, 4) is 22.9 Å². The molecular formula is C29H34N4O3. The first-order valence-corrected chi connectivity index (χ1v) is 12.4. The summed E-state index contributed by atoms with van der Waals surface area (Å²) in [5.74, 6) is 1.17. The highest BCUT2D eigenvalue weighted by atomic mass is 16.5. The topological polar surface area (TPSA) is 81.8 Å². The Labute approximate surface area is 212 Å². The van der Waals surface area contributed by atoms with Gasteiger partial charge in [0.15, 0.2) is 5.75 Å². The van der Waals surface area contributed by atoms with E-state index in [9.17, 15) is 5.11 Å². The zero-order valence-corrected chi connectivity index (χ0v) is 21.0. The molecule has 1 atom stereocenters. The molecule has 7 nitrogen and oxygen atoms in total. The summed E-state index contributed by atoms with van der Waals surface area (Å²) in [6, 6.07) is 11.7. The van der Waals surface area contributed by atoms with Crippen LogP contribution in [0.2, 0.25) is 0 Å². The lowest BCUT2D eigenvalue weighted by molar-refractivity contribution is 0.198.